The van der Waals surface area contributed by atoms with Gasteiger partial charge in [0.2, 0.25) is 0 Å². The molecule has 3 nitrogen and oxygen atoms in total. The first-order chi connectivity index (χ1) is 13.2. The van der Waals surface area contributed by atoms with Crippen LogP contribution < -0.4 is 0 Å². The first kappa shape index (κ1) is 26.4. The van der Waals surface area contributed by atoms with Crippen LogP contribution in [0.25, 0.3) is 0 Å². The average Bonchev–Trinajstić information content (AvgIpc) is 2.65. The van der Waals surface area contributed by atoms with Crippen molar-refractivity contribution in [2.75, 3.05) is 0 Å². The maximum absolute atomic E-state index is 10.4. The molecule has 0 amide bonds. The number of aliphatic hydroxyl groups excluding tert-OH is 1. The highest BCUT2D eigenvalue weighted by Crippen LogP contribution is 2.15. The van der Waals surface area contributed by atoms with E-state index in [1.165, 1.54) is 103 Å². The second-order valence-electron chi connectivity index (χ2n) is 8.36. The molecule has 0 aliphatic rings. The molecule has 2 N–H and O–H groups in total. The monoisotopic (exact) mass is 384 g/mol. The third-order valence-corrected chi connectivity index (χ3v) is 5.65. The van der Waals surface area contributed by atoms with Crippen molar-refractivity contribution in [2.45, 2.75) is 148 Å². The average molecular weight is 385 g/mol. The highest BCUT2D eigenvalue weighted by Gasteiger charge is 2.00. The van der Waals surface area contributed by atoms with Crippen LogP contribution >= 0.6 is 0 Å². The first-order valence-corrected chi connectivity index (χ1v) is 12.1. The molecular weight excluding hydrogens is 336 g/mol. The van der Waals surface area contributed by atoms with Crippen molar-refractivity contribution >= 4 is 5.97 Å². The molecule has 0 fully saturated rings. The Kier molecular flexibility index (Phi) is 21.3. The minimum absolute atomic E-state index is 0.0690. The zero-order valence-electron chi connectivity index (χ0n) is 18.2. The molecule has 0 saturated heterocycles. The summed E-state index contributed by atoms with van der Waals surface area (Å²) in [6, 6.07) is 0. The molecule has 0 aromatic rings. The second kappa shape index (κ2) is 21.7. The Morgan fingerprint density at radius 2 is 0.889 bits per heavy atom. The highest BCUT2D eigenvalue weighted by molar-refractivity contribution is 5.66. The van der Waals surface area contributed by atoms with E-state index in [2.05, 4.69) is 6.92 Å². The van der Waals surface area contributed by atoms with Gasteiger partial charge in [-0.2, -0.15) is 0 Å². The van der Waals surface area contributed by atoms with Gasteiger partial charge in [0.15, 0.2) is 0 Å². The van der Waals surface area contributed by atoms with Gasteiger partial charge in [-0.25, -0.2) is 0 Å². The van der Waals surface area contributed by atoms with Crippen molar-refractivity contribution in [3.63, 3.8) is 0 Å². The Morgan fingerprint density at radius 1 is 0.593 bits per heavy atom. The minimum atomic E-state index is -0.658. The van der Waals surface area contributed by atoms with E-state index in [-0.39, 0.29) is 6.10 Å². The molecule has 0 aliphatic carbocycles. The number of carbonyl (C=O) groups is 1. The van der Waals surface area contributed by atoms with Gasteiger partial charge in [-0.05, 0) is 19.3 Å². The van der Waals surface area contributed by atoms with Gasteiger partial charge in [0.1, 0.15) is 0 Å². The Bertz CT molecular complexity index is 304. The largest absolute Gasteiger partial charge is 0.481 e. The summed E-state index contributed by atoms with van der Waals surface area (Å²) in [5.74, 6) is -0.658. The van der Waals surface area contributed by atoms with Crippen molar-refractivity contribution in [3.05, 3.63) is 0 Å². The van der Waals surface area contributed by atoms with Gasteiger partial charge in [-0.1, -0.05) is 116 Å². The lowest BCUT2D eigenvalue weighted by Crippen LogP contribution is -2.03. The van der Waals surface area contributed by atoms with E-state index >= 15 is 0 Å². The number of aliphatic carboxylic acids is 1. The van der Waals surface area contributed by atoms with E-state index in [0.29, 0.717) is 6.42 Å². The van der Waals surface area contributed by atoms with Gasteiger partial charge >= 0.3 is 5.97 Å². The number of carboxylic acid groups (broad SMARTS) is 1. The van der Waals surface area contributed by atoms with Gasteiger partial charge in [-0.3, -0.25) is 4.79 Å². The van der Waals surface area contributed by atoms with Crippen LogP contribution in [0.4, 0.5) is 0 Å². The third kappa shape index (κ3) is 23.4. The summed E-state index contributed by atoms with van der Waals surface area (Å²) >= 11 is 0. The number of rotatable bonds is 22. The molecule has 0 rings (SSSR count). The normalized spacial score (nSPS) is 12.4. The predicted molar refractivity (Wildman–Crippen MR) is 116 cm³/mol. The zero-order valence-corrected chi connectivity index (χ0v) is 18.2. The van der Waals surface area contributed by atoms with Crippen LogP contribution in [0.5, 0.6) is 0 Å². The molecule has 0 bridgehead atoms. The van der Waals surface area contributed by atoms with E-state index in [0.717, 1.165) is 25.7 Å². The fourth-order valence-corrected chi connectivity index (χ4v) is 3.69. The van der Waals surface area contributed by atoms with Gasteiger partial charge in [0, 0.05) is 6.42 Å². The molecule has 0 saturated carbocycles. The van der Waals surface area contributed by atoms with Crippen molar-refractivity contribution in [1.29, 1.82) is 0 Å². The first-order valence-electron chi connectivity index (χ1n) is 12.1. The van der Waals surface area contributed by atoms with Crippen molar-refractivity contribution in [2.24, 2.45) is 0 Å². The maximum Gasteiger partial charge on any atom is 0.303 e. The summed E-state index contributed by atoms with van der Waals surface area (Å²) in [5.41, 5.74) is 0. The van der Waals surface area contributed by atoms with Gasteiger partial charge in [-0.15, -0.1) is 0 Å². The van der Waals surface area contributed by atoms with Crippen molar-refractivity contribution in [3.8, 4) is 0 Å². The lowest BCUT2D eigenvalue weighted by Gasteiger charge is -2.06. The summed E-state index contributed by atoms with van der Waals surface area (Å²) in [6.45, 7) is 2.06. The second-order valence-corrected chi connectivity index (χ2v) is 8.36. The number of hydrogen-bond donors (Lipinski definition) is 2. The summed E-state index contributed by atoms with van der Waals surface area (Å²) in [4.78, 5) is 10.4. The zero-order chi connectivity index (χ0) is 20.0. The molecular formula is C24H48O3. The molecule has 0 radical (unpaired) electrons. The minimum Gasteiger partial charge on any atom is -0.481 e. The topological polar surface area (TPSA) is 57.5 Å². The van der Waals surface area contributed by atoms with Crippen LogP contribution in [-0.2, 0) is 4.79 Å². The van der Waals surface area contributed by atoms with Crippen LogP contribution in [0.15, 0.2) is 0 Å². The van der Waals surface area contributed by atoms with Crippen LogP contribution in [0, 0.1) is 0 Å². The molecule has 27 heavy (non-hydrogen) atoms. The Balaban J connectivity index is 3.02. The Morgan fingerprint density at radius 3 is 1.19 bits per heavy atom. The smallest absolute Gasteiger partial charge is 0.303 e. The van der Waals surface area contributed by atoms with E-state index in [1.54, 1.807) is 0 Å². The van der Waals surface area contributed by atoms with Gasteiger partial charge < -0.3 is 10.2 Å². The quantitative estimate of drug-likeness (QED) is 0.188. The van der Waals surface area contributed by atoms with Crippen molar-refractivity contribution in [1.82, 2.24) is 0 Å². The number of unbranched alkanes of at least 4 members (excludes halogenated alkanes) is 17. The third-order valence-electron chi connectivity index (χ3n) is 5.65. The maximum atomic E-state index is 10.4. The van der Waals surface area contributed by atoms with Crippen LogP contribution in [-0.4, -0.2) is 22.3 Å². The Labute approximate surface area is 169 Å². The fraction of sp³-hybridized carbons (Fsp3) is 0.958. The molecule has 0 spiro atoms. The van der Waals surface area contributed by atoms with Gasteiger partial charge in [0.25, 0.3) is 0 Å². The van der Waals surface area contributed by atoms with Gasteiger partial charge in [0.05, 0.1) is 6.10 Å². The fourth-order valence-electron chi connectivity index (χ4n) is 3.69. The van der Waals surface area contributed by atoms with Crippen LogP contribution in [0.1, 0.15) is 142 Å². The Hall–Kier alpha value is -0.570. The molecule has 0 aromatic heterocycles. The van der Waals surface area contributed by atoms with E-state index in [9.17, 15) is 9.90 Å². The lowest BCUT2D eigenvalue weighted by atomic mass is 10.0. The molecule has 1 atom stereocenters. The van der Waals surface area contributed by atoms with Crippen molar-refractivity contribution < 1.29 is 15.0 Å². The molecule has 0 unspecified atom stereocenters. The number of hydrogen-bond acceptors (Lipinski definition) is 2. The number of carboxylic acids is 1. The summed E-state index contributed by atoms with van der Waals surface area (Å²) < 4.78 is 0. The SMILES string of the molecule is CC[C@@H](O)CCCCCCCCCCCCCCCCCCCCC(=O)O. The molecule has 3 heteroatoms. The highest BCUT2D eigenvalue weighted by atomic mass is 16.4. The number of aliphatic hydroxyl groups is 1. The van der Waals surface area contributed by atoms with Crippen LogP contribution in [0.2, 0.25) is 0 Å². The van der Waals surface area contributed by atoms with E-state index in [4.69, 9.17) is 5.11 Å². The van der Waals surface area contributed by atoms with E-state index in [1.807, 2.05) is 0 Å². The lowest BCUT2D eigenvalue weighted by molar-refractivity contribution is -0.137. The summed E-state index contributed by atoms with van der Waals surface area (Å²) in [7, 11) is 0. The molecule has 0 aromatic carbocycles. The molecule has 162 valence electrons. The summed E-state index contributed by atoms with van der Waals surface area (Å²) in [6.07, 6.45) is 25.6. The molecule has 0 aliphatic heterocycles. The predicted octanol–water partition coefficient (Wildman–Crippen LogP) is 7.64. The van der Waals surface area contributed by atoms with E-state index < -0.39 is 5.97 Å². The summed E-state index contributed by atoms with van der Waals surface area (Å²) in [5, 5.41) is 18.1. The standard InChI is InChI=1S/C24H48O3/c1-2-23(25)21-19-17-15-13-11-9-7-5-3-4-6-8-10-12-14-16-18-20-22-24(26)27/h23,25H,2-22H2,1H3,(H,26,27)/t23-/m1/s1. The van der Waals surface area contributed by atoms with Crippen LogP contribution in [0.3, 0.4) is 0 Å². The molecule has 0 heterocycles.